The zero-order chi connectivity index (χ0) is 21.0. The van der Waals surface area contributed by atoms with Gasteiger partial charge in [0.2, 0.25) is 5.28 Å². The lowest BCUT2D eigenvalue weighted by Crippen LogP contribution is -2.62. The smallest absolute Gasteiger partial charge is 0.245 e. The standard InChI is InChI=1S/C20H34Cl2N6O/c1-15(2)16(6-5-8-26(3)10-11-29-4)28-13-20(14-28)7-9-27(12-20)18-17(21)24-25-19(22)23-18/h15-16H,5-14H2,1-4H3. The molecule has 0 radical (unpaired) electrons. The van der Waals surface area contributed by atoms with Gasteiger partial charge in [0.15, 0.2) is 11.0 Å². The Labute approximate surface area is 184 Å². The second-order valence-corrected chi connectivity index (χ2v) is 9.72. The highest BCUT2D eigenvalue weighted by atomic mass is 35.5. The summed E-state index contributed by atoms with van der Waals surface area (Å²) in [5.74, 6) is 1.33. The van der Waals surface area contributed by atoms with E-state index in [4.69, 9.17) is 27.9 Å². The number of methoxy groups -OCH3 is 1. The van der Waals surface area contributed by atoms with E-state index >= 15 is 0 Å². The van der Waals surface area contributed by atoms with E-state index in [1.807, 2.05) is 0 Å². The SMILES string of the molecule is COCCN(C)CCCC(C(C)C)N1CC2(CCN(c3nc(Cl)nnc3Cl)C2)C1. The van der Waals surface area contributed by atoms with E-state index in [0.29, 0.717) is 28.3 Å². The van der Waals surface area contributed by atoms with E-state index in [1.165, 1.54) is 12.8 Å². The van der Waals surface area contributed by atoms with Crippen LogP contribution in [0.15, 0.2) is 0 Å². The minimum Gasteiger partial charge on any atom is -0.383 e. The van der Waals surface area contributed by atoms with Crippen molar-refractivity contribution in [2.45, 2.75) is 39.2 Å². The Bertz CT molecular complexity index is 670. The molecule has 0 amide bonds. The van der Waals surface area contributed by atoms with E-state index < -0.39 is 0 Å². The summed E-state index contributed by atoms with van der Waals surface area (Å²) in [5, 5.41) is 8.11. The molecule has 2 saturated heterocycles. The summed E-state index contributed by atoms with van der Waals surface area (Å²) in [4.78, 5) is 11.6. The zero-order valence-electron chi connectivity index (χ0n) is 18.1. The summed E-state index contributed by atoms with van der Waals surface area (Å²) in [6, 6.07) is 0.643. The van der Waals surface area contributed by atoms with Crippen molar-refractivity contribution in [1.29, 1.82) is 0 Å². The third-order valence-corrected chi connectivity index (χ3v) is 6.78. The van der Waals surface area contributed by atoms with Crippen molar-refractivity contribution in [3.8, 4) is 0 Å². The zero-order valence-corrected chi connectivity index (χ0v) is 19.6. The predicted octanol–water partition coefficient (Wildman–Crippen LogP) is 3.07. The number of anilines is 1. The van der Waals surface area contributed by atoms with Crippen molar-refractivity contribution >= 4 is 29.0 Å². The van der Waals surface area contributed by atoms with Gasteiger partial charge >= 0.3 is 0 Å². The molecule has 0 aromatic carbocycles. The molecule has 3 rings (SSSR count). The molecule has 1 atom stereocenters. The molecule has 2 fully saturated rings. The molecule has 1 aromatic rings. The monoisotopic (exact) mass is 444 g/mol. The Morgan fingerprint density at radius 2 is 1.93 bits per heavy atom. The highest BCUT2D eigenvalue weighted by molar-refractivity contribution is 6.32. The number of ether oxygens (including phenoxy) is 1. The average molecular weight is 445 g/mol. The highest BCUT2D eigenvalue weighted by Crippen LogP contribution is 2.43. The molecule has 1 unspecified atom stereocenters. The molecule has 0 N–H and O–H groups in total. The number of hydrogen-bond donors (Lipinski definition) is 0. The van der Waals surface area contributed by atoms with Crippen LogP contribution in [0.5, 0.6) is 0 Å². The maximum Gasteiger partial charge on any atom is 0.245 e. The predicted molar refractivity (Wildman–Crippen MR) is 118 cm³/mol. The topological polar surface area (TPSA) is 57.6 Å². The highest BCUT2D eigenvalue weighted by Gasteiger charge is 2.50. The van der Waals surface area contributed by atoms with E-state index in [2.05, 4.69) is 50.8 Å². The molecular formula is C20H34Cl2N6O. The Morgan fingerprint density at radius 3 is 2.62 bits per heavy atom. The molecule has 7 nitrogen and oxygen atoms in total. The van der Waals surface area contributed by atoms with E-state index in [-0.39, 0.29) is 5.28 Å². The minimum atomic E-state index is 0.149. The van der Waals surface area contributed by atoms with E-state index in [0.717, 1.165) is 52.3 Å². The molecule has 1 aromatic heterocycles. The van der Waals surface area contributed by atoms with Gasteiger partial charge in [-0.3, -0.25) is 4.90 Å². The lowest BCUT2D eigenvalue weighted by Gasteiger charge is -2.53. The van der Waals surface area contributed by atoms with Crippen LogP contribution in [0.2, 0.25) is 10.4 Å². The average Bonchev–Trinajstić information content (AvgIpc) is 3.10. The summed E-state index contributed by atoms with van der Waals surface area (Å²) in [6.07, 6.45) is 3.62. The van der Waals surface area contributed by atoms with Gasteiger partial charge in [-0.05, 0) is 50.4 Å². The molecule has 2 aliphatic heterocycles. The third-order valence-electron chi connectivity index (χ3n) is 6.37. The first-order valence-corrected chi connectivity index (χ1v) is 11.3. The van der Waals surface area contributed by atoms with Crippen LogP contribution in [0.4, 0.5) is 5.82 Å². The molecule has 3 heterocycles. The van der Waals surface area contributed by atoms with Crippen molar-refractivity contribution in [2.24, 2.45) is 11.3 Å². The quantitative estimate of drug-likeness (QED) is 0.549. The van der Waals surface area contributed by atoms with Gasteiger partial charge in [0.1, 0.15) is 0 Å². The number of nitrogens with zero attached hydrogens (tertiary/aromatic N) is 6. The largest absolute Gasteiger partial charge is 0.383 e. The van der Waals surface area contributed by atoms with Crippen LogP contribution in [-0.2, 0) is 4.74 Å². The Kier molecular flexibility index (Phi) is 7.95. The van der Waals surface area contributed by atoms with Crippen LogP contribution in [-0.4, -0.2) is 91.1 Å². The van der Waals surface area contributed by atoms with Crippen LogP contribution >= 0.6 is 23.2 Å². The van der Waals surface area contributed by atoms with Gasteiger partial charge in [0.25, 0.3) is 0 Å². The van der Waals surface area contributed by atoms with Crippen LogP contribution in [0.25, 0.3) is 0 Å². The van der Waals surface area contributed by atoms with Gasteiger partial charge in [-0.25, -0.2) is 0 Å². The molecule has 0 bridgehead atoms. The number of halogens is 2. The molecule has 29 heavy (non-hydrogen) atoms. The van der Waals surface area contributed by atoms with Crippen LogP contribution in [0, 0.1) is 11.3 Å². The van der Waals surface area contributed by atoms with Gasteiger partial charge < -0.3 is 14.5 Å². The minimum absolute atomic E-state index is 0.149. The number of likely N-dealkylation sites (tertiary alicyclic amines) is 1. The van der Waals surface area contributed by atoms with E-state index in [1.54, 1.807) is 7.11 Å². The first-order valence-electron chi connectivity index (χ1n) is 10.6. The summed E-state index contributed by atoms with van der Waals surface area (Å²) >= 11 is 12.1. The molecule has 9 heteroatoms. The summed E-state index contributed by atoms with van der Waals surface area (Å²) in [6.45, 7) is 11.8. The molecule has 1 spiro atoms. The van der Waals surface area contributed by atoms with Crippen LogP contribution < -0.4 is 4.90 Å². The normalized spacial score (nSPS) is 20.1. The Balaban J connectivity index is 1.49. The molecule has 2 aliphatic rings. The Morgan fingerprint density at radius 1 is 1.17 bits per heavy atom. The van der Waals surface area contributed by atoms with Crippen molar-refractivity contribution in [3.63, 3.8) is 0 Å². The maximum atomic E-state index is 6.21. The van der Waals surface area contributed by atoms with Crippen molar-refractivity contribution < 1.29 is 4.74 Å². The first kappa shape index (κ1) is 22.9. The number of rotatable bonds is 10. The summed E-state index contributed by atoms with van der Waals surface area (Å²) in [5.41, 5.74) is 0.336. The molecule has 0 saturated carbocycles. The van der Waals surface area contributed by atoms with Gasteiger partial charge in [-0.15, -0.1) is 10.2 Å². The molecule has 0 aliphatic carbocycles. The fourth-order valence-corrected chi connectivity index (χ4v) is 5.10. The van der Waals surface area contributed by atoms with Gasteiger partial charge in [-0.1, -0.05) is 25.4 Å². The first-order chi connectivity index (χ1) is 13.8. The fourth-order valence-electron chi connectivity index (χ4n) is 4.78. The number of hydrogen-bond acceptors (Lipinski definition) is 7. The third kappa shape index (κ3) is 5.70. The van der Waals surface area contributed by atoms with Crippen molar-refractivity contribution in [3.05, 3.63) is 10.4 Å². The molecule has 164 valence electrons. The second-order valence-electron chi connectivity index (χ2n) is 9.02. The fraction of sp³-hybridized carbons (Fsp3) is 0.850. The number of aromatic nitrogens is 3. The van der Waals surface area contributed by atoms with Crippen LogP contribution in [0.1, 0.15) is 33.1 Å². The Hall–Kier alpha value is -0.730. The second kappa shape index (κ2) is 10.1. The molecular weight excluding hydrogens is 411 g/mol. The maximum absolute atomic E-state index is 6.21. The summed E-state index contributed by atoms with van der Waals surface area (Å²) < 4.78 is 5.17. The summed E-state index contributed by atoms with van der Waals surface area (Å²) in [7, 11) is 3.94. The van der Waals surface area contributed by atoms with Crippen molar-refractivity contribution in [2.75, 3.05) is 64.9 Å². The van der Waals surface area contributed by atoms with Gasteiger partial charge in [-0.2, -0.15) is 4.98 Å². The van der Waals surface area contributed by atoms with E-state index in [9.17, 15) is 0 Å². The lowest BCUT2D eigenvalue weighted by atomic mass is 9.76. The van der Waals surface area contributed by atoms with Gasteiger partial charge in [0.05, 0.1) is 6.61 Å². The van der Waals surface area contributed by atoms with Crippen molar-refractivity contribution in [1.82, 2.24) is 25.0 Å². The number of likely N-dealkylation sites (N-methyl/N-ethyl adjacent to an activating group) is 1. The van der Waals surface area contributed by atoms with Gasteiger partial charge in [0, 0.05) is 51.3 Å². The lowest BCUT2D eigenvalue weighted by molar-refractivity contribution is -0.0344. The van der Waals surface area contributed by atoms with Crippen LogP contribution in [0.3, 0.4) is 0 Å².